The normalized spacial score (nSPS) is 13.3. The van der Waals surface area contributed by atoms with Gasteiger partial charge in [-0.2, -0.15) is 0 Å². The third-order valence-corrected chi connectivity index (χ3v) is 5.52. The van der Waals surface area contributed by atoms with Crippen LogP contribution in [0, 0.1) is 13.8 Å². The predicted octanol–water partition coefficient (Wildman–Crippen LogP) is 2.18. The minimum absolute atomic E-state index is 0.147. The Hall–Kier alpha value is -2.38. The third kappa shape index (κ3) is 4.42. The quantitative estimate of drug-likeness (QED) is 0.759. The SMILES string of the molecule is Cc1cc(C)cc(OCC(=O)NNS(=O)(=O)c2ccc3c(c2)CCC3)c1. The van der Waals surface area contributed by atoms with Gasteiger partial charge < -0.3 is 4.74 Å². The summed E-state index contributed by atoms with van der Waals surface area (Å²) in [7, 11) is -3.81. The van der Waals surface area contributed by atoms with Crippen molar-refractivity contribution in [1.29, 1.82) is 0 Å². The van der Waals surface area contributed by atoms with Crippen LogP contribution >= 0.6 is 0 Å². The van der Waals surface area contributed by atoms with Crippen LogP contribution in [-0.2, 0) is 27.7 Å². The fourth-order valence-corrected chi connectivity index (χ4v) is 4.01. The first-order chi connectivity index (χ1) is 12.3. The summed E-state index contributed by atoms with van der Waals surface area (Å²) in [5, 5.41) is 0. The van der Waals surface area contributed by atoms with Gasteiger partial charge in [-0.25, -0.2) is 8.42 Å². The Morgan fingerprint density at radius 2 is 1.73 bits per heavy atom. The lowest BCUT2D eigenvalue weighted by Gasteiger charge is -2.11. The zero-order chi connectivity index (χ0) is 18.7. The molecule has 0 heterocycles. The number of ether oxygens (including phenoxy) is 1. The first kappa shape index (κ1) is 18.4. The zero-order valence-electron chi connectivity index (χ0n) is 14.8. The second-order valence-corrected chi connectivity index (χ2v) is 8.23. The molecule has 3 rings (SSSR count). The van der Waals surface area contributed by atoms with E-state index in [0.717, 1.165) is 36.0 Å². The number of amides is 1. The first-order valence-corrected chi connectivity index (χ1v) is 9.95. The van der Waals surface area contributed by atoms with Crippen molar-refractivity contribution in [2.24, 2.45) is 0 Å². The van der Waals surface area contributed by atoms with Crippen molar-refractivity contribution in [3.05, 3.63) is 58.7 Å². The topological polar surface area (TPSA) is 84.5 Å². The van der Waals surface area contributed by atoms with E-state index in [9.17, 15) is 13.2 Å². The second-order valence-electron chi connectivity index (χ2n) is 6.55. The van der Waals surface area contributed by atoms with Gasteiger partial charge in [-0.1, -0.05) is 12.1 Å². The van der Waals surface area contributed by atoms with Crippen molar-refractivity contribution in [3.63, 3.8) is 0 Å². The van der Waals surface area contributed by atoms with E-state index in [1.54, 1.807) is 12.1 Å². The summed E-state index contributed by atoms with van der Waals surface area (Å²) in [6.07, 6.45) is 2.91. The van der Waals surface area contributed by atoms with Crippen LogP contribution in [0.15, 0.2) is 41.3 Å². The molecular formula is C19H22N2O4S. The maximum absolute atomic E-state index is 12.3. The van der Waals surface area contributed by atoms with E-state index in [0.29, 0.717) is 5.75 Å². The highest BCUT2D eigenvalue weighted by Gasteiger charge is 2.19. The smallest absolute Gasteiger partial charge is 0.272 e. The number of hydrogen-bond donors (Lipinski definition) is 2. The van der Waals surface area contributed by atoms with Crippen molar-refractivity contribution in [3.8, 4) is 5.75 Å². The van der Waals surface area contributed by atoms with Gasteiger partial charge >= 0.3 is 0 Å². The number of aryl methyl sites for hydroxylation is 4. The number of carbonyl (C=O) groups is 1. The number of nitrogens with one attached hydrogen (secondary N) is 2. The van der Waals surface area contributed by atoms with Gasteiger partial charge in [-0.05, 0) is 79.6 Å². The van der Waals surface area contributed by atoms with Gasteiger partial charge in [0.2, 0.25) is 0 Å². The maximum atomic E-state index is 12.3. The van der Waals surface area contributed by atoms with Crippen molar-refractivity contribution in [1.82, 2.24) is 10.3 Å². The molecule has 2 aromatic carbocycles. The Morgan fingerprint density at radius 1 is 1.04 bits per heavy atom. The molecule has 26 heavy (non-hydrogen) atoms. The van der Waals surface area contributed by atoms with Gasteiger partial charge in [-0.15, -0.1) is 4.83 Å². The molecule has 1 amide bonds. The highest BCUT2D eigenvalue weighted by Crippen LogP contribution is 2.24. The Kier molecular flexibility index (Phi) is 5.29. The number of rotatable bonds is 6. The lowest BCUT2D eigenvalue weighted by molar-refractivity contribution is -0.123. The highest BCUT2D eigenvalue weighted by atomic mass is 32.2. The van der Waals surface area contributed by atoms with Crippen molar-refractivity contribution in [2.45, 2.75) is 38.0 Å². The minimum atomic E-state index is -3.81. The number of hydrogen-bond acceptors (Lipinski definition) is 4. The molecule has 0 unspecified atom stereocenters. The maximum Gasteiger partial charge on any atom is 0.272 e. The van der Waals surface area contributed by atoms with Crippen molar-refractivity contribution >= 4 is 15.9 Å². The van der Waals surface area contributed by atoms with Gasteiger partial charge in [0.05, 0.1) is 4.90 Å². The van der Waals surface area contributed by atoms with E-state index in [-0.39, 0.29) is 11.5 Å². The zero-order valence-corrected chi connectivity index (χ0v) is 15.7. The number of fused-ring (bicyclic) bond motifs is 1. The van der Waals surface area contributed by atoms with E-state index in [4.69, 9.17) is 4.74 Å². The van der Waals surface area contributed by atoms with Crippen LogP contribution in [0.2, 0.25) is 0 Å². The molecule has 0 fully saturated rings. The number of benzene rings is 2. The molecule has 0 saturated carbocycles. The van der Waals surface area contributed by atoms with Crippen LogP contribution in [0.4, 0.5) is 0 Å². The third-order valence-electron chi connectivity index (χ3n) is 4.27. The summed E-state index contributed by atoms with van der Waals surface area (Å²) >= 11 is 0. The molecule has 2 aromatic rings. The molecule has 2 N–H and O–H groups in total. The summed E-state index contributed by atoms with van der Waals surface area (Å²) in [4.78, 5) is 14.2. The first-order valence-electron chi connectivity index (χ1n) is 8.47. The van der Waals surface area contributed by atoms with Crippen LogP contribution < -0.4 is 15.0 Å². The minimum Gasteiger partial charge on any atom is -0.484 e. The van der Waals surface area contributed by atoms with Gasteiger partial charge in [0.25, 0.3) is 15.9 Å². The molecule has 0 aliphatic heterocycles. The average molecular weight is 374 g/mol. The molecule has 6 nitrogen and oxygen atoms in total. The Morgan fingerprint density at radius 3 is 2.46 bits per heavy atom. The van der Waals surface area contributed by atoms with Gasteiger partial charge in [-0.3, -0.25) is 10.2 Å². The number of sulfonamides is 1. The highest BCUT2D eigenvalue weighted by molar-refractivity contribution is 7.89. The van der Waals surface area contributed by atoms with Crippen LogP contribution in [-0.4, -0.2) is 20.9 Å². The number of hydrazine groups is 1. The molecule has 7 heteroatoms. The molecule has 1 aliphatic carbocycles. The monoisotopic (exact) mass is 374 g/mol. The Labute approximate surface area is 153 Å². The Balaban J connectivity index is 1.56. The van der Waals surface area contributed by atoms with Gasteiger partial charge in [0, 0.05) is 0 Å². The molecule has 0 atom stereocenters. The van der Waals surface area contributed by atoms with Crippen LogP contribution in [0.5, 0.6) is 5.75 Å². The van der Waals surface area contributed by atoms with E-state index in [2.05, 4.69) is 10.3 Å². The second kappa shape index (κ2) is 7.47. The standard InChI is InChI=1S/C19H22N2O4S/c1-13-8-14(2)10-17(9-13)25-12-19(22)20-21-26(23,24)18-7-6-15-4-3-5-16(15)11-18/h6-11,21H,3-5,12H2,1-2H3,(H,20,22). The number of carbonyl (C=O) groups excluding carboxylic acids is 1. The van der Waals surface area contributed by atoms with E-state index < -0.39 is 15.9 Å². The lowest BCUT2D eigenvalue weighted by atomic mass is 10.1. The van der Waals surface area contributed by atoms with E-state index in [1.807, 2.05) is 38.1 Å². The largest absolute Gasteiger partial charge is 0.484 e. The Bertz CT molecular complexity index is 918. The molecule has 0 saturated heterocycles. The summed E-state index contributed by atoms with van der Waals surface area (Å²) in [6, 6.07) is 10.7. The average Bonchev–Trinajstić information content (AvgIpc) is 3.05. The van der Waals surface area contributed by atoms with Gasteiger partial charge in [0.15, 0.2) is 6.61 Å². The van der Waals surface area contributed by atoms with Crippen molar-refractivity contribution in [2.75, 3.05) is 6.61 Å². The van der Waals surface area contributed by atoms with E-state index in [1.165, 1.54) is 5.56 Å². The van der Waals surface area contributed by atoms with Crippen molar-refractivity contribution < 1.29 is 17.9 Å². The van der Waals surface area contributed by atoms with Crippen LogP contribution in [0.3, 0.4) is 0 Å². The summed E-state index contributed by atoms with van der Waals surface area (Å²) < 4.78 is 30.1. The molecule has 0 bridgehead atoms. The molecule has 0 aromatic heterocycles. The summed E-state index contributed by atoms with van der Waals surface area (Å²) in [5.41, 5.74) is 6.48. The predicted molar refractivity (Wildman–Crippen MR) is 98.3 cm³/mol. The summed E-state index contributed by atoms with van der Waals surface area (Å²) in [6.45, 7) is 3.59. The van der Waals surface area contributed by atoms with E-state index >= 15 is 0 Å². The molecule has 1 aliphatic rings. The lowest BCUT2D eigenvalue weighted by Crippen LogP contribution is -2.43. The molecule has 0 spiro atoms. The van der Waals surface area contributed by atoms with Gasteiger partial charge in [0.1, 0.15) is 5.75 Å². The van der Waals surface area contributed by atoms with Crippen LogP contribution in [0.1, 0.15) is 28.7 Å². The fraction of sp³-hybridized carbons (Fsp3) is 0.316. The summed E-state index contributed by atoms with van der Waals surface area (Å²) in [5.74, 6) is -0.00646. The molecular weight excluding hydrogens is 352 g/mol. The fourth-order valence-electron chi connectivity index (χ4n) is 3.10. The molecule has 138 valence electrons. The molecule has 0 radical (unpaired) electrons. The van der Waals surface area contributed by atoms with Crippen LogP contribution in [0.25, 0.3) is 0 Å².